The number of nitrogens with two attached hydrogens (primary N) is 2. The quantitative estimate of drug-likeness (QED) is 0.204. The van der Waals surface area contributed by atoms with Crippen LogP contribution in [0.4, 0.5) is 0 Å². The fourth-order valence-corrected chi connectivity index (χ4v) is 3.03. The summed E-state index contributed by atoms with van der Waals surface area (Å²) >= 11 is 0. The third-order valence-corrected chi connectivity index (χ3v) is 5.15. The lowest BCUT2D eigenvalue weighted by molar-refractivity contribution is -0.139. The largest absolute Gasteiger partial charge is 0.480 e. The highest BCUT2D eigenvalue weighted by molar-refractivity contribution is 5.94. The minimum Gasteiger partial charge on any atom is -0.480 e. The van der Waals surface area contributed by atoms with Crippen molar-refractivity contribution in [3.63, 3.8) is 0 Å². The molecule has 0 radical (unpaired) electrons. The van der Waals surface area contributed by atoms with Crippen LogP contribution < -0.4 is 27.4 Å². The van der Waals surface area contributed by atoms with Crippen LogP contribution in [0.2, 0.25) is 0 Å². The van der Waals surface area contributed by atoms with E-state index >= 15 is 0 Å². The summed E-state index contributed by atoms with van der Waals surface area (Å²) in [5.74, 6) is -4.19. The number of carbonyl (C=O) groups excluding carboxylic acids is 4. The Morgan fingerprint density at radius 3 is 2.18 bits per heavy atom. The van der Waals surface area contributed by atoms with Crippen molar-refractivity contribution < 1.29 is 29.1 Å². The standard InChI is InChI=1S/C22H33N5O6/c1-3-13(2)19(27-20(31)15(23)11-14-7-5-4-6-8-14)22(33)26-16(9-10-17(24)28)21(32)25-12-18(29)30/h4-8,13,15-16,19H,3,9-12,23H2,1-2H3,(H2,24,28)(H,25,32)(H,26,33)(H,27,31)(H,29,30). The highest BCUT2D eigenvalue weighted by Crippen LogP contribution is 2.10. The number of aliphatic carboxylic acids is 1. The minimum absolute atomic E-state index is 0.124. The van der Waals surface area contributed by atoms with Gasteiger partial charge >= 0.3 is 5.97 Å². The van der Waals surface area contributed by atoms with Crippen molar-refractivity contribution in [1.82, 2.24) is 16.0 Å². The molecule has 4 unspecified atom stereocenters. The zero-order valence-corrected chi connectivity index (χ0v) is 18.9. The van der Waals surface area contributed by atoms with Crippen LogP contribution in [-0.2, 0) is 30.4 Å². The first kappa shape index (κ1) is 27.6. The molecule has 0 aliphatic rings. The molecule has 33 heavy (non-hydrogen) atoms. The average molecular weight is 464 g/mol. The summed E-state index contributed by atoms with van der Waals surface area (Å²) in [5, 5.41) is 16.1. The molecular formula is C22H33N5O6. The summed E-state index contributed by atoms with van der Waals surface area (Å²) in [6.07, 6.45) is 0.499. The normalized spacial score (nSPS) is 14.3. The van der Waals surface area contributed by atoms with Gasteiger partial charge < -0.3 is 32.5 Å². The van der Waals surface area contributed by atoms with Crippen molar-refractivity contribution in [3.8, 4) is 0 Å². The molecular weight excluding hydrogens is 430 g/mol. The maximum atomic E-state index is 13.0. The number of hydrogen-bond donors (Lipinski definition) is 6. The second kappa shape index (κ2) is 13.8. The molecule has 1 aromatic carbocycles. The number of carboxylic acids is 1. The van der Waals surface area contributed by atoms with Crippen LogP contribution in [0.3, 0.4) is 0 Å². The predicted octanol–water partition coefficient (Wildman–Crippen LogP) is -0.962. The van der Waals surface area contributed by atoms with Crippen LogP contribution in [0.25, 0.3) is 0 Å². The Morgan fingerprint density at radius 1 is 1.00 bits per heavy atom. The Labute approximate surface area is 192 Å². The molecule has 8 N–H and O–H groups in total. The first-order valence-corrected chi connectivity index (χ1v) is 10.7. The van der Waals surface area contributed by atoms with Gasteiger partial charge in [0, 0.05) is 6.42 Å². The van der Waals surface area contributed by atoms with Crippen LogP contribution in [0.15, 0.2) is 30.3 Å². The van der Waals surface area contributed by atoms with Crippen molar-refractivity contribution in [1.29, 1.82) is 0 Å². The van der Waals surface area contributed by atoms with E-state index in [9.17, 15) is 24.0 Å². The van der Waals surface area contributed by atoms with E-state index in [0.717, 1.165) is 5.56 Å². The summed E-state index contributed by atoms with van der Waals surface area (Å²) in [6, 6.07) is 6.10. The minimum atomic E-state index is -1.26. The summed E-state index contributed by atoms with van der Waals surface area (Å²) in [7, 11) is 0. The van der Waals surface area contributed by atoms with Crippen LogP contribution in [-0.4, -0.2) is 59.4 Å². The number of carbonyl (C=O) groups is 5. The first-order valence-electron chi connectivity index (χ1n) is 10.7. The molecule has 0 saturated carbocycles. The fraction of sp³-hybridized carbons (Fsp3) is 0.500. The van der Waals surface area contributed by atoms with Crippen molar-refractivity contribution in [2.45, 2.75) is 57.7 Å². The van der Waals surface area contributed by atoms with Gasteiger partial charge in [-0.05, 0) is 24.3 Å². The van der Waals surface area contributed by atoms with E-state index in [1.807, 2.05) is 37.3 Å². The number of nitrogens with one attached hydrogen (secondary N) is 3. The molecule has 0 aliphatic heterocycles. The summed E-state index contributed by atoms with van der Waals surface area (Å²) in [6.45, 7) is 2.95. The molecule has 1 rings (SSSR count). The van der Waals surface area contributed by atoms with Gasteiger partial charge in [-0.1, -0.05) is 50.6 Å². The second-order valence-electron chi connectivity index (χ2n) is 7.85. The van der Waals surface area contributed by atoms with E-state index in [1.54, 1.807) is 6.92 Å². The Morgan fingerprint density at radius 2 is 1.64 bits per heavy atom. The summed E-state index contributed by atoms with van der Waals surface area (Å²) in [4.78, 5) is 59.9. The van der Waals surface area contributed by atoms with E-state index in [-0.39, 0.29) is 25.2 Å². The number of primary amides is 1. The highest BCUT2D eigenvalue weighted by Gasteiger charge is 2.31. The second-order valence-corrected chi connectivity index (χ2v) is 7.85. The number of carboxylic acid groups (broad SMARTS) is 1. The molecule has 0 fully saturated rings. The first-order chi connectivity index (χ1) is 15.5. The van der Waals surface area contributed by atoms with E-state index < -0.39 is 54.3 Å². The molecule has 11 heteroatoms. The van der Waals surface area contributed by atoms with Gasteiger partial charge in [-0.2, -0.15) is 0 Å². The van der Waals surface area contributed by atoms with Crippen molar-refractivity contribution in [2.75, 3.05) is 6.54 Å². The molecule has 11 nitrogen and oxygen atoms in total. The maximum Gasteiger partial charge on any atom is 0.322 e. The Hall–Kier alpha value is -3.47. The SMILES string of the molecule is CCC(C)C(NC(=O)C(N)Cc1ccccc1)C(=O)NC(CCC(N)=O)C(=O)NCC(=O)O. The number of amides is 4. The van der Waals surface area contributed by atoms with Crippen molar-refractivity contribution in [2.24, 2.45) is 17.4 Å². The lowest BCUT2D eigenvalue weighted by Gasteiger charge is -2.27. The van der Waals surface area contributed by atoms with E-state index in [1.165, 1.54) is 0 Å². The molecule has 0 aromatic heterocycles. The lowest BCUT2D eigenvalue weighted by Crippen LogP contribution is -2.58. The van der Waals surface area contributed by atoms with Gasteiger partial charge in [-0.3, -0.25) is 24.0 Å². The molecule has 0 saturated heterocycles. The molecule has 0 heterocycles. The van der Waals surface area contributed by atoms with Crippen LogP contribution >= 0.6 is 0 Å². The van der Waals surface area contributed by atoms with Gasteiger partial charge in [0.1, 0.15) is 18.6 Å². The third-order valence-electron chi connectivity index (χ3n) is 5.15. The van der Waals surface area contributed by atoms with Crippen molar-refractivity contribution in [3.05, 3.63) is 35.9 Å². The highest BCUT2D eigenvalue weighted by atomic mass is 16.4. The van der Waals surface area contributed by atoms with Gasteiger partial charge in [-0.25, -0.2) is 0 Å². The smallest absolute Gasteiger partial charge is 0.322 e. The monoisotopic (exact) mass is 463 g/mol. The average Bonchev–Trinajstić information content (AvgIpc) is 2.78. The number of rotatable bonds is 14. The Bertz CT molecular complexity index is 832. The van der Waals surface area contributed by atoms with Gasteiger partial charge in [0.15, 0.2) is 0 Å². The zero-order chi connectivity index (χ0) is 25.0. The maximum absolute atomic E-state index is 13.0. The van der Waals surface area contributed by atoms with Gasteiger partial charge in [0.05, 0.1) is 6.04 Å². The third kappa shape index (κ3) is 10.1. The van der Waals surface area contributed by atoms with Crippen LogP contribution in [0, 0.1) is 5.92 Å². The van der Waals surface area contributed by atoms with Gasteiger partial charge in [-0.15, -0.1) is 0 Å². The van der Waals surface area contributed by atoms with Crippen LogP contribution in [0.1, 0.15) is 38.7 Å². The Balaban J connectivity index is 2.90. The van der Waals surface area contributed by atoms with Crippen molar-refractivity contribution >= 4 is 29.6 Å². The zero-order valence-electron chi connectivity index (χ0n) is 18.9. The molecule has 4 amide bonds. The molecule has 0 aliphatic carbocycles. The number of benzene rings is 1. The summed E-state index contributed by atoms with van der Waals surface area (Å²) in [5.41, 5.74) is 12.0. The topological polar surface area (TPSA) is 194 Å². The molecule has 0 spiro atoms. The van der Waals surface area contributed by atoms with Crippen LogP contribution in [0.5, 0.6) is 0 Å². The molecule has 1 aromatic rings. The van der Waals surface area contributed by atoms with E-state index in [4.69, 9.17) is 16.6 Å². The molecule has 4 atom stereocenters. The fourth-order valence-electron chi connectivity index (χ4n) is 3.03. The predicted molar refractivity (Wildman–Crippen MR) is 121 cm³/mol. The van der Waals surface area contributed by atoms with Gasteiger partial charge in [0.25, 0.3) is 0 Å². The Kier molecular flexibility index (Phi) is 11.6. The molecule has 182 valence electrons. The van der Waals surface area contributed by atoms with E-state index in [0.29, 0.717) is 6.42 Å². The molecule has 0 bridgehead atoms. The summed E-state index contributed by atoms with van der Waals surface area (Å²) < 4.78 is 0. The van der Waals surface area contributed by atoms with Gasteiger partial charge in [0.2, 0.25) is 23.6 Å². The number of hydrogen-bond acceptors (Lipinski definition) is 6. The van der Waals surface area contributed by atoms with E-state index in [2.05, 4.69) is 16.0 Å². The lowest BCUT2D eigenvalue weighted by atomic mass is 9.96.